The standard InChI is InChI=1S/C13H18BrN3O/c1-8-2-3-9(13(16)18)7-17(8)12-5-4-10(14)6-11(12)15/h4-6,8-9H,2-3,7,15H2,1H3,(H2,16,18). The van der Waals surface area contributed by atoms with Crippen LogP contribution in [0.15, 0.2) is 22.7 Å². The van der Waals surface area contributed by atoms with Gasteiger partial charge in [0.15, 0.2) is 0 Å². The number of hydrogen-bond donors (Lipinski definition) is 2. The molecule has 0 saturated carbocycles. The highest BCUT2D eigenvalue weighted by Crippen LogP contribution is 2.33. The maximum Gasteiger partial charge on any atom is 0.222 e. The largest absolute Gasteiger partial charge is 0.397 e. The second kappa shape index (κ2) is 5.18. The van der Waals surface area contributed by atoms with Crippen LogP contribution in [0.1, 0.15) is 19.8 Å². The lowest BCUT2D eigenvalue weighted by Gasteiger charge is -2.39. The van der Waals surface area contributed by atoms with Gasteiger partial charge in [-0.05, 0) is 38.0 Å². The van der Waals surface area contributed by atoms with Gasteiger partial charge in [0.25, 0.3) is 0 Å². The van der Waals surface area contributed by atoms with Crippen molar-refractivity contribution in [2.75, 3.05) is 17.2 Å². The molecule has 1 heterocycles. The van der Waals surface area contributed by atoms with E-state index in [4.69, 9.17) is 11.5 Å². The summed E-state index contributed by atoms with van der Waals surface area (Å²) >= 11 is 3.40. The van der Waals surface area contributed by atoms with Crippen LogP contribution in [-0.4, -0.2) is 18.5 Å². The highest BCUT2D eigenvalue weighted by Gasteiger charge is 2.29. The molecule has 98 valence electrons. The van der Waals surface area contributed by atoms with Crippen LogP contribution in [0.25, 0.3) is 0 Å². The summed E-state index contributed by atoms with van der Waals surface area (Å²) in [7, 11) is 0. The predicted octanol–water partition coefficient (Wildman–Crippen LogP) is 2.12. The molecule has 1 aromatic carbocycles. The van der Waals surface area contributed by atoms with Crippen molar-refractivity contribution < 1.29 is 4.79 Å². The molecule has 0 spiro atoms. The molecule has 2 atom stereocenters. The summed E-state index contributed by atoms with van der Waals surface area (Å²) in [5, 5.41) is 0. The first-order chi connectivity index (χ1) is 8.49. The Morgan fingerprint density at radius 2 is 2.17 bits per heavy atom. The molecule has 0 bridgehead atoms. The van der Waals surface area contributed by atoms with Crippen molar-refractivity contribution in [3.05, 3.63) is 22.7 Å². The van der Waals surface area contributed by atoms with Crippen LogP contribution in [0.3, 0.4) is 0 Å². The van der Waals surface area contributed by atoms with Gasteiger partial charge < -0.3 is 16.4 Å². The maximum absolute atomic E-state index is 11.3. The smallest absolute Gasteiger partial charge is 0.222 e. The van der Waals surface area contributed by atoms with Crippen molar-refractivity contribution in [2.24, 2.45) is 11.7 Å². The van der Waals surface area contributed by atoms with E-state index in [0.29, 0.717) is 12.6 Å². The van der Waals surface area contributed by atoms with Gasteiger partial charge in [-0.1, -0.05) is 15.9 Å². The van der Waals surface area contributed by atoms with Crippen LogP contribution < -0.4 is 16.4 Å². The van der Waals surface area contributed by atoms with E-state index in [0.717, 1.165) is 28.7 Å². The molecule has 1 aliphatic rings. The molecule has 5 heteroatoms. The zero-order valence-corrected chi connectivity index (χ0v) is 12.0. The summed E-state index contributed by atoms with van der Waals surface area (Å²) in [6.45, 7) is 2.81. The van der Waals surface area contributed by atoms with Crippen LogP contribution in [0.4, 0.5) is 11.4 Å². The van der Waals surface area contributed by atoms with Gasteiger partial charge in [-0.3, -0.25) is 4.79 Å². The average molecular weight is 312 g/mol. The normalized spacial score (nSPS) is 24.0. The van der Waals surface area contributed by atoms with Gasteiger partial charge in [-0.15, -0.1) is 0 Å². The van der Waals surface area contributed by atoms with E-state index >= 15 is 0 Å². The number of halogens is 1. The van der Waals surface area contributed by atoms with Crippen molar-refractivity contribution in [1.82, 2.24) is 0 Å². The van der Waals surface area contributed by atoms with Crippen LogP contribution in [0.2, 0.25) is 0 Å². The van der Waals surface area contributed by atoms with Gasteiger partial charge in [0, 0.05) is 17.1 Å². The van der Waals surface area contributed by atoms with E-state index in [1.807, 2.05) is 18.2 Å². The lowest BCUT2D eigenvalue weighted by molar-refractivity contribution is -0.122. The Kier molecular flexibility index (Phi) is 3.80. The van der Waals surface area contributed by atoms with E-state index in [1.54, 1.807) is 0 Å². The lowest BCUT2D eigenvalue weighted by Crippen LogP contribution is -2.46. The molecule has 4 N–H and O–H groups in total. The SMILES string of the molecule is CC1CCC(C(N)=O)CN1c1ccc(Br)cc1N. The summed E-state index contributed by atoms with van der Waals surface area (Å²) in [6.07, 6.45) is 1.83. The molecular weight excluding hydrogens is 294 g/mol. The lowest BCUT2D eigenvalue weighted by atomic mass is 9.92. The summed E-state index contributed by atoms with van der Waals surface area (Å²) in [4.78, 5) is 13.5. The summed E-state index contributed by atoms with van der Waals surface area (Å²) in [6, 6.07) is 6.21. The number of piperidine rings is 1. The summed E-state index contributed by atoms with van der Waals surface area (Å²) in [5.41, 5.74) is 13.2. The van der Waals surface area contributed by atoms with E-state index < -0.39 is 0 Å². The first-order valence-corrected chi connectivity index (χ1v) is 6.89. The Hall–Kier alpha value is -1.23. The Labute approximate surface area is 115 Å². The van der Waals surface area contributed by atoms with Gasteiger partial charge in [-0.2, -0.15) is 0 Å². The number of carbonyl (C=O) groups excluding carboxylic acids is 1. The number of nitrogens with two attached hydrogens (primary N) is 2. The molecule has 1 aromatic rings. The second-order valence-electron chi connectivity index (χ2n) is 4.88. The number of anilines is 2. The van der Waals surface area contributed by atoms with Crippen molar-refractivity contribution in [3.63, 3.8) is 0 Å². The van der Waals surface area contributed by atoms with Crippen molar-refractivity contribution in [3.8, 4) is 0 Å². The van der Waals surface area contributed by atoms with Crippen LogP contribution in [-0.2, 0) is 4.79 Å². The number of primary amides is 1. The molecule has 1 amide bonds. The fraction of sp³-hybridized carbons (Fsp3) is 0.462. The van der Waals surface area contributed by atoms with Gasteiger partial charge in [0.2, 0.25) is 5.91 Å². The fourth-order valence-electron chi connectivity index (χ4n) is 2.46. The number of benzene rings is 1. The third kappa shape index (κ3) is 2.61. The first-order valence-electron chi connectivity index (χ1n) is 6.10. The number of carbonyl (C=O) groups is 1. The van der Waals surface area contributed by atoms with Gasteiger partial charge in [0.05, 0.1) is 17.3 Å². The molecule has 1 saturated heterocycles. The predicted molar refractivity (Wildman–Crippen MR) is 77.3 cm³/mol. The third-order valence-electron chi connectivity index (χ3n) is 3.58. The molecule has 0 aromatic heterocycles. The molecule has 0 aliphatic carbocycles. The number of nitrogens with zero attached hydrogens (tertiary/aromatic N) is 1. The zero-order chi connectivity index (χ0) is 13.3. The van der Waals surface area contributed by atoms with E-state index in [2.05, 4.69) is 27.8 Å². The van der Waals surface area contributed by atoms with Gasteiger partial charge in [-0.25, -0.2) is 0 Å². The van der Waals surface area contributed by atoms with Crippen molar-refractivity contribution in [2.45, 2.75) is 25.8 Å². The molecule has 4 nitrogen and oxygen atoms in total. The Morgan fingerprint density at radius 3 is 2.78 bits per heavy atom. The zero-order valence-electron chi connectivity index (χ0n) is 10.4. The fourth-order valence-corrected chi connectivity index (χ4v) is 2.84. The van der Waals surface area contributed by atoms with Crippen molar-refractivity contribution >= 4 is 33.2 Å². The van der Waals surface area contributed by atoms with Crippen molar-refractivity contribution in [1.29, 1.82) is 0 Å². The number of amides is 1. The molecule has 2 unspecified atom stereocenters. The van der Waals surface area contributed by atoms with E-state index in [-0.39, 0.29) is 11.8 Å². The molecule has 18 heavy (non-hydrogen) atoms. The van der Waals surface area contributed by atoms with E-state index in [1.165, 1.54) is 0 Å². The minimum atomic E-state index is -0.220. The quantitative estimate of drug-likeness (QED) is 0.822. The number of nitrogen functional groups attached to an aromatic ring is 1. The molecule has 1 aliphatic heterocycles. The summed E-state index contributed by atoms with van der Waals surface area (Å²) < 4.78 is 0.958. The van der Waals surface area contributed by atoms with Gasteiger partial charge >= 0.3 is 0 Å². The van der Waals surface area contributed by atoms with Crippen LogP contribution in [0.5, 0.6) is 0 Å². The molecule has 2 rings (SSSR count). The minimum absolute atomic E-state index is 0.0794. The average Bonchev–Trinajstić information content (AvgIpc) is 2.30. The molecule has 0 radical (unpaired) electrons. The second-order valence-corrected chi connectivity index (χ2v) is 5.80. The maximum atomic E-state index is 11.3. The molecule has 1 fully saturated rings. The van der Waals surface area contributed by atoms with Crippen LogP contribution in [0, 0.1) is 5.92 Å². The number of hydrogen-bond acceptors (Lipinski definition) is 3. The Balaban J connectivity index is 2.26. The summed E-state index contributed by atoms with van der Waals surface area (Å²) in [5.74, 6) is -0.299. The van der Waals surface area contributed by atoms with Gasteiger partial charge in [0.1, 0.15) is 0 Å². The molecular formula is C13H18BrN3O. The number of rotatable bonds is 2. The Morgan fingerprint density at radius 1 is 1.44 bits per heavy atom. The van der Waals surface area contributed by atoms with Crippen LogP contribution >= 0.6 is 15.9 Å². The van der Waals surface area contributed by atoms with E-state index in [9.17, 15) is 4.79 Å². The Bertz CT molecular complexity index is 464. The third-order valence-corrected chi connectivity index (χ3v) is 4.08. The monoisotopic (exact) mass is 311 g/mol. The first kappa shape index (κ1) is 13.2. The highest BCUT2D eigenvalue weighted by atomic mass is 79.9. The highest BCUT2D eigenvalue weighted by molar-refractivity contribution is 9.10. The minimum Gasteiger partial charge on any atom is -0.397 e. The topological polar surface area (TPSA) is 72.4 Å².